The minimum Gasteiger partial charge on any atom is -0.497 e. The van der Waals surface area contributed by atoms with Gasteiger partial charge < -0.3 is 14.6 Å². The monoisotopic (exact) mass is 483 g/mol. The van der Waals surface area contributed by atoms with Crippen molar-refractivity contribution in [3.8, 4) is 22.6 Å². The zero-order valence-corrected chi connectivity index (χ0v) is 19.3. The number of carboxylic acid groups (broad SMARTS) is 1. The summed E-state index contributed by atoms with van der Waals surface area (Å²) in [5.41, 5.74) is 1.59. The van der Waals surface area contributed by atoms with Crippen molar-refractivity contribution in [2.45, 2.75) is 17.7 Å². The molecule has 1 heterocycles. The maximum absolute atomic E-state index is 14.6. The van der Waals surface area contributed by atoms with E-state index in [1.54, 1.807) is 36.4 Å². The molecule has 0 saturated carbocycles. The maximum atomic E-state index is 14.6. The minimum atomic E-state index is -4.08. The van der Waals surface area contributed by atoms with Crippen molar-refractivity contribution < 1.29 is 32.2 Å². The van der Waals surface area contributed by atoms with Crippen molar-refractivity contribution in [3.63, 3.8) is 0 Å². The third-order valence-electron chi connectivity index (χ3n) is 5.55. The minimum absolute atomic E-state index is 0.0299. The maximum Gasteiger partial charge on any atom is 0.303 e. The van der Waals surface area contributed by atoms with E-state index >= 15 is 0 Å². The summed E-state index contributed by atoms with van der Waals surface area (Å²) in [4.78, 5) is 11.1. The summed E-state index contributed by atoms with van der Waals surface area (Å²) < 4.78 is 53.3. The summed E-state index contributed by atoms with van der Waals surface area (Å²) in [6, 6.07) is 15.3. The largest absolute Gasteiger partial charge is 0.497 e. The molecule has 0 spiro atoms. The number of fused-ring (bicyclic) bond motifs is 1. The number of hydrogen-bond acceptors (Lipinski definition) is 5. The number of rotatable bonds is 8. The molecule has 176 valence electrons. The third kappa shape index (κ3) is 4.34. The Bertz CT molecular complexity index is 1490. The van der Waals surface area contributed by atoms with E-state index in [-0.39, 0.29) is 23.3 Å². The number of aryl methyl sites for hydroxylation is 1. The van der Waals surface area contributed by atoms with Gasteiger partial charge in [0.2, 0.25) is 0 Å². The van der Waals surface area contributed by atoms with Crippen molar-refractivity contribution in [2.24, 2.45) is 0 Å². The van der Waals surface area contributed by atoms with Gasteiger partial charge in [-0.2, -0.15) is 0 Å². The topological polar surface area (TPSA) is 94.8 Å². The zero-order chi connectivity index (χ0) is 24.5. The van der Waals surface area contributed by atoms with Crippen molar-refractivity contribution in [1.29, 1.82) is 0 Å². The molecule has 0 aliphatic carbocycles. The lowest BCUT2D eigenvalue weighted by Gasteiger charge is -2.11. The van der Waals surface area contributed by atoms with Gasteiger partial charge in [0.1, 0.15) is 17.3 Å². The molecule has 0 aliphatic rings. The Morgan fingerprint density at radius 3 is 2.38 bits per heavy atom. The zero-order valence-electron chi connectivity index (χ0n) is 18.5. The number of nitrogens with zero attached hydrogens (tertiary/aromatic N) is 1. The Morgan fingerprint density at radius 2 is 1.71 bits per heavy atom. The average molecular weight is 484 g/mol. The fraction of sp³-hybridized carbons (Fsp3) is 0.160. The Kier molecular flexibility index (Phi) is 6.30. The third-order valence-corrected chi connectivity index (χ3v) is 7.22. The first-order chi connectivity index (χ1) is 16.2. The number of carbonyl (C=O) groups is 1. The van der Waals surface area contributed by atoms with Crippen LogP contribution in [-0.4, -0.2) is 37.7 Å². The first-order valence-corrected chi connectivity index (χ1v) is 11.8. The summed E-state index contributed by atoms with van der Waals surface area (Å²) in [5.74, 6) is -0.645. The van der Waals surface area contributed by atoms with Gasteiger partial charge in [-0.1, -0.05) is 12.1 Å². The normalized spacial score (nSPS) is 11.5. The second-order valence-electron chi connectivity index (χ2n) is 7.61. The van der Waals surface area contributed by atoms with Gasteiger partial charge in [0.25, 0.3) is 10.0 Å². The Balaban J connectivity index is 1.83. The molecule has 4 aromatic rings. The number of methoxy groups -OCH3 is 2. The lowest BCUT2D eigenvalue weighted by atomic mass is 10.1. The van der Waals surface area contributed by atoms with Crippen LogP contribution in [0.1, 0.15) is 12.0 Å². The van der Waals surface area contributed by atoms with E-state index in [0.717, 1.165) is 3.97 Å². The molecule has 1 aromatic heterocycles. The number of halogens is 1. The quantitative estimate of drug-likeness (QED) is 0.390. The van der Waals surface area contributed by atoms with Crippen LogP contribution in [0.3, 0.4) is 0 Å². The van der Waals surface area contributed by atoms with Gasteiger partial charge >= 0.3 is 5.97 Å². The molecule has 3 aromatic carbocycles. The van der Waals surface area contributed by atoms with E-state index in [9.17, 15) is 17.6 Å². The lowest BCUT2D eigenvalue weighted by molar-refractivity contribution is -0.136. The van der Waals surface area contributed by atoms with Crippen LogP contribution in [0.25, 0.3) is 22.0 Å². The van der Waals surface area contributed by atoms with E-state index in [0.29, 0.717) is 33.5 Å². The van der Waals surface area contributed by atoms with E-state index in [4.69, 9.17) is 14.6 Å². The van der Waals surface area contributed by atoms with Crippen LogP contribution in [0.2, 0.25) is 0 Å². The molecule has 0 unspecified atom stereocenters. The van der Waals surface area contributed by atoms with Crippen LogP contribution in [-0.2, 0) is 21.2 Å². The molecular weight excluding hydrogens is 461 g/mol. The molecule has 0 aliphatic heterocycles. The van der Waals surface area contributed by atoms with Gasteiger partial charge in [0, 0.05) is 29.6 Å². The number of ether oxygens (including phenoxy) is 2. The summed E-state index contributed by atoms with van der Waals surface area (Å²) in [5, 5.41) is 9.68. The number of aromatic nitrogens is 1. The molecule has 1 N–H and O–H groups in total. The second-order valence-corrected chi connectivity index (χ2v) is 9.42. The van der Waals surface area contributed by atoms with E-state index < -0.39 is 21.8 Å². The molecule has 9 heteroatoms. The molecule has 0 bridgehead atoms. The predicted octanol–water partition coefficient (Wildman–Crippen LogP) is 4.72. The molecular formula is C25H22FNO6S. The summed E-state index contributed by atoms with van der Waals surface area (Å²) in [7, 11) is -1.15. The highest BCUT2D eigenvalue weighted by Crippen LogP contribution is 2.32. The Labute approximate surface area is 196 Å². The van der Waals surface area contributed by atoms with Gasteiger partial charge in [0.05, 0.1) is 24.6 Å². The highest BCUT2D eigenvalue weighted by molar-refractivity contribution is 7.90. The Morgan fingerprint density at radius 1 is 1.00 bits per heavy atom. The van der Waals surface area contributed by atoms with Crippen LogP contribution in [0.5, 0.6) is 11.5 Å². The van der Waals surface area contributed by atoms with Gasteiger partial charge in [-0.25, -0.2) is 16.8 Å². The number of carboxylic acids is 1. The molecule has 0 radical (unpaired) electrons. The van der Waals surface area contributed by atoms with Gasteiger partial charge in [0.15, 0.2) is 0 Å². The summed E-state index contributed by atoms with van der Waals surface area (Å²) in [6.07, 6.45) is 1.43. The fourth-order valence-electron chi connectivity index (χ4n) is 3.81. The van der Waals surface area contributed by atoms with E-state index in [1.165, 1.54) is 44.7 Å². The summed E-state index contributed by atoms with van der Waals surface area (Å²) in [6.45, 7) is 0. The van der Waals surface area contributed by atoms with Crippen molar-refractivity contribution in [3.05, 3.63) is 78.2 Å². The summed E-state index contributed by atoms with van der Waals surface area (Å²) >= 11 is 0. The number of hydrogen-bond donors (Lipinski definition) is 1. The van der Waals surface area contributed by atoms with Crippen LogP contribution in [0.15, 0.2) is 71.8 Å². The van der Waals surface area contributed by atoms with Crippen LogP contribution < -0.4 is 9.47 Å². The second kappa shape index (κ2) is 9.18. The SMILES string of the molecule is COc1ccc(-c2cccc(S(=O)(=O)n3cc(CCC(=O)O)c4cc(OC)ccc43)c2)c(F)c1. The molecule has 0 fully saturated rings. The van der Waals surface area contributed by atoms with E-state index in [1.807, 2.05) is 0 Å². The molecule has 7 nitrogen and oxygen atoms in total. The number of benzene rings is 3. The van der Waals surface area contributed by atoms with Crippen LogP contribution >= 0.6 is 0 Å². The van der Waals surface area contributed by atoms with E-state index in [2.05, 4.69) is 0 Å². The predicted molar refractivity (Wildman–Crippen MR) is 125 cm³/mol. The highest BCUT2D eigenvalue weighted by Gasteiger charge is 2.23. The smallest absolute Gasteiger partial charge is 0.303 e. The van der Waals surface area contributed by atoms with Gasteiger partial charge in [-0.3, -0.25) is 4.79 Å². The average Bonchev–Trinajstić information content (AvgIpc) is 3.21. The molecule has 0 atom stereocenters. The first-order valence-electron chi connectivity index (χ1n) is 10.3. The van der Waals surface area contributed by atoms with Crippen molar-refractivity contribution in [1.82, 2.24) is 3.97 Å². The highest BCUT2D eigenvalue weighted by atomic mass is 32.2. The van der Waals surface area contributed by atoms with Crippen molar-refractivity contribution in [2.75, 3.05) is 14.2 Å². The standard InChI is InChI=1S/C25H22FNO6S/c1-32-18-8-10-24-22(13-18)17(6-11-25(28)29)15-27(24)34(30,31)20-5-3-4-16(12-20)21-9-7-19(33-2)14-23(21)26/h3-5,7-10,12-15H,6,11H2,1-2H3,(H,28,29). The van der Waals surface area contributed by atoms with Crippen LogP contribution in [0.4, 0.5) is 4.39 Å². The van der Waals surface area contributed by atoms with Crippen molar-refractivity contribution >= 4 is 26.9 Å². The molecule has 0 amide bonds. The van der Waals surface area contributed by atoms with Gasteiger partial charge in [-0.15, -0.1) is 0 Å². The first kappa shape index (κ1) is 23.3. The molecule has 0 saturated heterocycles. The number of aliphatic carboxylic acids is 1. The molecule has 34 heavy (non-hydrogen) atoms. The van der Waals surface area contributed by atoms with Gasteiger partial charge in [-0.05, 0) is 60.0 Å². The van der Waals surface area contributed by atoms with Crippen LogP contribution in [0, 0.1) is 5.82 Å². The lowest BCUT2D eigenvalue weighted by Crippen LogP contribution is -2.12. The molecule has 4 rings (SSSR count). The fourth-order valence-corrected chi connectivity index (χ4v) is 5.24. The Hall–Kier alpha value is -3.85.